The number of ether oxygens (including phenoxy) is 1. The smallest absolute Gasteiger partial charge is 0.349 e. The first-order valence-corrected chi connectivity index (χ1v) is 3.19. The van der Waals surface area contributed by atoms with Crippen LogP contribution in [0.25, 0.3) is 0 Å². The maximum atomic E-state index is 10.6. The van der Waals surface area contributed by atoms with Crippen LogP contribution in [0.1, 0.15) is 6.92 Å². The van der Waals surface area contributed by atoms with Crippen molar-refractivity contribution in [2.75, 3.05) is 6.61 Å². The van der Waals surface area contributed by atoms with Crippen molar-refractivity contribution in [3.63, 3.8) is 0 Å². The molecule has 0 aromatic rings. The lowest BCUT2D eigenvalue weighted by Crippen LogP contribution is -2.05. The molecule has 0 rings (SSSR count). The molecule has 0 unspecified atom stereocenters. The normalized spacial score (nSPS) is 10.3. The largest absolute Gasteiger partial charge is 0.462 e. The lowest BCUT2D eigenvalue weighted by atomic mass is 10.3. The number of hydrogen-bond donors (Lipinski definition) is 1. The molecule has 54 valence electrons. The third kappa shape index (κ3) is 2.55. The van der Waals surface area contributed by atoms with Gasteiger partial charge in [0.2, 0.25) is 0 Å². The van der Waals surface area contributed by atoms with E-state index in [-0.39, 0.29) is 12.2 Å². The molecule has 0 radical (unpaired) electrons. The van der Waals surface area contributed by atoms with Crippen molar-refractivity contribution in [2.24, 2.45) is 0 Å². The van der Waals surface area contributed by atoms with Gasteiger partial charge >= 0.3 is 5.97 Å². The Labute approximate surface area is 64.7 Å². The van der Waals surface area contributed by atoms with Crippen LogP contribution in [0.15, 0.2) is 11.0 Å². The van der Waals surface area contributed by atoms with Gasteiger partial charge in [0.15, 0.2) is 0 Å². The highest BCUT2D eigenvalue weighted by Crippen LogP contribution is 1.97. The summed E-state index contributed by atoms with van der Waals surface area (Å²) in [5.41, 5.74) is -0.0785. The van der Waals surface area contributed by atoms with Crippen LogP contribution in [0.5, 0.6) is 0 Å². The third-order valence-corrected chi connectivity index (χ3v) is 1.00. The van der Waals surface area contributed by atoms with Crippen LogP contribution in [0.4, 0.5) is 0 Å². The highest BCUT2D eigenvalue weighted by Gasteiger charge is 2.06. The van der Waals surface area contributed by atoms with Crippen LogP contribution in [-0.4, -0.2) is 12.6 Å². The molecule has 0 amide bonds. The maximum absolute atomic E-state index is 10.6. The van der Waals surface area contributed by atoms with Crippen molar-refractivity contribution < 1.29 is 9.53 Å². The fraction of sp³-hybridized carbons (Fsp3) is 0.333. The van der Waals surface area contributed by atoms with Gasteiger partial charge in [-0.1, -0.05) is 0 Å². The molecule has 0 aliphatic carbocycles. The molecule has 0 saturated carbocycles. The van der Waals surface area contributed by atoms with Crippen LogP contribution < -0.4 is 0 Å². The molecule has 0 atom stereocenters. The molecule has 4 heteroatoms. The van der Waals surface area contributed by atoms with Crippen molar-refractivity contribution in [2.45, 2.75) is 6.92 Å². The molecule has 3 nitrogen and oxygen atoms in total. The second-order valence-corrected chi connectivity index (χ2v) is 1.63. The average molecular weight is 157 g/mol. The number of carbonyl (C=O) groups is 1. The lowest BCUT2D eigenvalue weighted by Gasteiger charge is -1.96. The number of thiol groups is 1. The minimum atomic E-state index is -0.625. The number of nitrogens with zero attached hydrogens (tertiary/aromatic N) is 1. The van der Waals surface area contributed by atoms with Gasteiger partial charge in [0.05, 0.1) is 6.61 Å². The number of rotatable bonds is 2. The van der Waals surface area contributed by atoms with Gasteiger partial charge in [0.1, 0.15) is 11.6 Å². The summed E-state index contributed by atoms with van der Waals surface area (Å²) < 4.78 is 4.51. The highest BCUT2D eigenvalue weighted by atomic mass is 32.1. The molecular weight excluding hydrogens is 150 g/mol. The van der Waals surface area contributed by atoms with Crippen molar-refractivity contribution >= 4 is 18.6 Å². The Bertz CT molecular complexity index is 192. The van der Waals surface area contributed by atoms with Crippen molar-refractivity contribution in [3.05, 3.63) is 11.0 Å². The van der Waals surface area contributed by atoms with E-state index in [1.54, 1.807) is 13.0 Å². The monoisotopic (exact) mass is 157 g/mol. The Morgan fingerprint density at radius 3 is 2.80 bits per heavy atom. The Morgan fingerprint density at radius 1 is 1.90 bits per heavy atom. The summed E-state index contributed by atoms with van der Waals surface area (Å²) in [7, 11) is 0. The van der Waals surface area contributed by atoms with Gasteiger partial charge in [-0.25, -0.2) is 4.79 Å². The molecule has 0 aliphatic heterocycles. The van der Waals surface area contributed by atoms with E-state index in [0.29, 0.717) is 0 Å². The molecule has 0 saturated heterocycles. The summed E-state index contributed by atoms with van der Waals surface area (Å²) in [5, 5.41) is 9.38. The minimum absolute atomic E-state index is 0.0785. The van der Waals surface area contributed by atoms with Crippen LogP contribution in [0.3, 0.4) is 0 Å². The number of carbonyl (C=O) groups excluding carboxylic acids is 1. The zero-order valence-corrected chi connectivity index (χ0v) is 6.39. The third-order valence-electron chi connectivity index (χ3n) is 0.745. The molecule has 0 aromatic carbocycles. The zero-order chi connectivity index (χ0) is 7.98. The molecule has 0 aliphatic rings. The summed E-state index contributed by atoms with van der Waals surface area (Å²) in [6.45, 7) is 1.94. The van der Waals surface area contributed by atoms with E-state index in [1.807, 2.05) is 0 Å². The number of hydrogen-bond acceptors (Lipinski definition) is 4. The quantitative estimate of drug-likeness (QED) is 0.280. The molecular formula is C6H7NO2S. The van der Waals surface area contributed by atoms with Gasteiger partial charge in [-0.05, 0) is 12.3 Å². The Morgan fingerprint density at radius 2 is 2.50 bits per heavy atom. The molecule has 0 N–H and O–H groups in total. The van der Waals surface area contributed by atoms with E-state index in [0.717, 1.165) is 5.41 Å². The van der Waals surface area contributed by atoms with Crippen molar-refractivity contribution in [3.8, 4) is 6.07 Å². The van der Waals surface area contributed by atoms with E-state index < -0.39 is 5.97 Å². The van der Waals surface area contributed by atoms with Gasteiger partial charge in [0, 0.05) is 0 Å². The van der Waals surface area contributed by atoms with Crippen molar-refractivity contribution in [1.82, 2.24) is 0 Å². The first kappa shape index (κ1) is 9.05. The van der Waals surface area contributed by atoms with Gasteiger partial charge in [0.25, 0.3) is 0 Å². The van der Waals surface area contributed by atoms with Gasteiger partial charge in [-0.3, -0.25) is 0 Å². The van der Waals surface area contributed by atoms with Crippen LogP contribution in [-0.2, 0) is 9.53 Å². The maximum Gasteiger partial charge on any atom is 0.349 e. The first-order chi connectivity index (χ1) is 4.76. The molecule has 0 spiro atoms. The van der Waals surface area contributed by atoms with E-state index in [4.69, 9.17) is 5.26 Å². The summed E-state index contributed by atoms with van der Waals surface area (Å²) in [6, 6.07) is 1.65. The minimum Gasteiger partial charge on any atom is -0.462 e. The Balaban J connectivity index is 4.08. The van der Waals surface area contributed by atoms with E-state index in [1.165, 1.54) is 0 Å². The summed E-state index contributed by atoms with van der Waals surface area (Å²) >= 11 is 3.64. The number of esters is 1. The van der Waals surface area contributed by atoms with Crippen LogP contribution in [0.2, 0.25) is 0 Å². The molecule has 0 bridgehead atoms. The van der Waals surface area contributed by atoms with Gasteiger partial charge < -0.3 is 4.74 Å². The standard InChI is InChI=1S/C6H7NO2S/c1-2-9-6(8)5(3-7)4-10/h4,10H,2H2,1H3. The summed E-state index contributed by atoms with van der Waals surface area (Å²) in [5.74, 6) is -0.625. The predicted octanol–water partition coefficient (Wildman–Crippen LogP) is 0.887. The zero-order valence-electron chi connectivity index (χ0n) is 5.50. The predicted molar refractivity (Wildman–Crippen MR) is 39.3 cm³/mol. The van der Waals surface area contributed by atoms with Gasteiger partial charge in [-0.2, -0.15) is 5.26 Å². The fourth-order valence-electron chi connectivity index (χ4n) is 0.336. The molecule has 0 fully saturated rings. The topological polar surface area (TPSA) is 50.1 Å². The van der Waals surface area contributed by atoms with Crippen LogP contribution >= 0.6 is 12.6 Å². The van der Waals surface area contributed by atoms with Crippen molar-refractivity contribution in [1.29, 1.82) is 5.26 Å². The highest BCUT2D eigenvalue weighted by molar-refractivity contribution is 7.83. The Hall–Kier alpha value is -0.950. The summed E-state index contributed by atoms with van der Waals surface area (Å²) in [6.07, 6.45) is 0. The first-order valence-electron chi connectivity index (χ1n) is 2.67. The molecule has 10 heavy (non-hydrogen) atoms. The molecule has 0 heterocycles. The molecule has 0 aromatic heterocycles. The number of nitriles is 1. The Kier molecular flexibility index (Phi) is 4.42. The fourth-order valence-corrected chi connectivity index (χ4v) is 0.499. The van der Waals surface area contributed by atoms with E-state index in [9.17, 15) is 4.79 Å². The summed E-state index contributed by atoms with van der Waals surface area (Å²) in [4.78, 5) is 10.6. The lowest BCUT2D eigenvalue weighted by molar-refractivity contribution is -0.137. The SMILES string of the molecule is CCOC(=O)C(C#N)=CS. The average Bonchev–Trinajstić information content (AvgIpc) is 1.91. The van der Waals surface area contributed by atoms with Crippen LogP contribution in [0, 0.1) is 11.3 Å². The van der Waals surface area contributed by atoms with Gasteiger partial charge in [-0.15, -0.1) is 12.6 Å². The van der Waals surface area contributed by atoms with E-state index in [2.05, 4.69) is 17.4 Å². The second kappa shape index (κ2) is 4.89. The second-order valence-electron chi connectivity index (χ2n) is 1.38. The van der Waals surface area contributed by atoms with E-state index >= 15 is 0 Å².